The van der Waals surface area contributed by atoms with Gasteiger partial charge in [0.05, 0.1) is 25.4 Å². The zero-order valence-corrected chi connectivity index (χ0v) is 13.8. The standard InChI is InChI=1S/C10H22O7Si2/c1-11-18(7-9-5-15-9,8-10-6-16-10)17-19(12-2,13-3)14-4/h9-10H,5-8H2,1-4H3. The van der Waals surface area contributed by atoms with Crippen molar-refractivity contribution in [1.82, 2.24) is 0 Å². The van der Waals surface area contributed by atoms with Crippen LogP contribution in [0.25, 0.3) is 0 Å². The van der Waals surface area contributed by atoms with Gasteiger partial charge in [-0.1, -0.05) is 0 Å². The van der Waals surface area contributed by atoms with E-state index >= 15 is 0 Å². The first-order valence-electron chi connectivity index (χ1n) is 6.25. The van der Waals surface area contributed by atoms with E-state index in [1.807, 2.05) is 0 Å². The van der Waals surface area contributed by atoms with Gasteiger partial charge in [-0.15, -0.1) is 0 Å². The molecule has 0 amide bonds. The Morgan fingerprint density at radius 1 is 0.842 bits per heavy atom. The van der Waals surface area contributed by atoms with Crippen LogP contribution in [0.3, 0.4) is 0 Å². The Bertz CT molecular complexity index is 269. The first-order valence-corrected chi connectivity index (χ1v) is 10.1. The smallest absolute Gasteiger partial charge is 0.398 e. The molecule has 112 valence electrons. The Hall–Kier alpha value is 0.154. The Kier molecular flexibility index (Phi) is 5.14. The molecule has 2 rings (SSSR count). The van der Waals surface area contributed by atoms with Crippen LogP contribution in [0, 0.1) is 0 Å². The van der Waals surface area contributed by atoms with Crippen LogP contribution in [0.4, 0.5) is 0 Å². The van der Waals surface area contributed by atoms with Gasteiger partial charge in [-0.05, 0) is 0 Å². The molecule has 19 heavy (non-hydrogen) atoms. The lowest BCUT2D eigenvalue weighted by atomic mass is 10.6. The summed E-state index contributed by atoms with van der Waals surface area (Å²) in [6, 6.07) is 1.49. The summed E-state index contributed by atoms with van der Waals surface area (Å²) in [5.41, 5.74) is 0. The normalized spacial score (nSPS) is 29.1. The maximum Gasteiger partial charge on any atom is 0.669 e. The Morgan fingerprint density at radius 2 is 1.26 bits per heavy atom. The van der Waals surface area contributed by atoms with Gasteiger partial charge in [-0.3, -0.25) is 0 Å². The number of epoxide rings is 2. The highest BCUT2D eigenvalue weighted by Crippen LogP contribution is 2.34. The summed E-state index contributed by atoms with van der Waals surface area (Å²) in [5.74, 6) is 0. The minimum absolute atomic E-state index is 0.211. The molecule has 7 nitrogen and oxygen atoms in total. The van der Waals surface area contributed by atoms with Crippen LogP contribution in [0.2, 0.25) is 12.1 Å². The highest BCUT2D eigenvalue weighted by Gasteiger charge is 2.56. The van der Waals surface area contributed by atoms with Crippen molar-refractivity contribution in [2.45, 2.75) is 24.3 Å². The third kappa shape index (κ3) is 4.06. The minimum Gasteiger partial charge on any atom is -0.398 e. The van der Waals surface area contributed by atoms with E-state index < -0.39 is 17.6 Å². The van der Waals surface area contributed by atoms with E-state index in [2.05, 4.69) is 0 Å². The highest BCUT2D eigenvalue weighted by molar-refractivity contribution is 6.76. The molecule has 2 aliphatic heterocycles. The molecule has 0 bridgehead atoms. The van der Waals surface area contributed by atoms with Gasteiger partial charge in [-0.2, -0.15) is 0 Å². The Balaban J connectivity index is 2.08. The topological polar surface area (TPSA) is 71.2 Å². The fourth-order valence-corrected chi connectivity index (χ4v) is 8.72. The van der Waals surface area contributed by atoms with Crippen molar-refractivity contribution in [2.75, 3.05) is 41.7 Å². The zero-order valence-electron chi connectivity index (χ0n) is 11.8. The van der Waals surface area contributed by atoms with Crippen LogP contribution < -0.4 is 0 Å². The molecule has 0 aliphatic carbocycles. The summed E-state index contributed by atoms with van der Waals surface area (Å²) in [5, 5.41) is 0. The molecule has 0 N–H and O–H groups in total. The van der Waals surface area contributed by atoms with E-state index in [-0.39, 0.29) is 12.2 Å². The third-order valence-corrected chi connectivity index (χ3v) is 10.2. The maximum atomic E-state index is 6.15. The van der Waals surface area contributed by atoms with Gasteiger partial charge in [-0.25, -0.2) is 0 Å². The summed E-state index contributed by atoms with van der Waals surface area (Å²) < 4.78 is 38.6. The Labute approximate surface area is 115 Å². The molecule has 9 heteroatoms. The second-order valence-corrected chi connectivity index (χ2v) is 10.7. The van der Waals surface area contributed by atoms with Crippen LogP contribution in [-0.4, -0.2) is 71.5 Å². The van der Waals surface area contributed by atoms with E-state index in [4.69, 9.17) is 31.3 Å². The van der Waals surface area contributed by atoms with Crippen molar-refractivity contribution in [3.8, 4) is 0 Å². The van der Waals surface area contributed by atoms with Crippen molar-refractivity contribution < 1.29 is 31.3 Å². The third-order valence-electron chi connectivity index (χ3n) is 3.32. The summed E-state index contributed by atoms with van der Waals surface area (Å²) in [4.78, 5) is 0. The van der Waals surface area contributed by atoms with Crippen molar-refractivity contribution in [2.24, 2.45) is 0 Å². The van der Waals surface area contributed by atoms with E-state index in [0.717, 1.165) is 25.3 Å². The van der Waals surface area contributed by atoms with Crippen molar-refractivity contribution >= 4 is 17.6 Å². The molecule has 0 spiro atoms. The fourth-order valence-electron chi connectivity index (χ4n) is 2.04. The molecule has 2 fully saturated rings. The maximum absolute atomic E-state index is 6.15. The molecule has 0 aromatic rings. The minimum atomic E-state index is -3.13. The molecule has 2 heterocycles. The van der Waals surface area contributed by atoms with Gasteiger partial charge in [0.25, 0.3) is 0 Å². The SMILES string of the molecule is CO[Si](CC1CO1)(CC1CO1)O[Si](OC)(OC)OC. The highest BCUT2D eigenvalue weighted by atomic mass is 28.5. The first kappa shape index (κ1) is 15.5. The van der Waals surface area contributed by atoms with Crippen LogP contribution in [0.1, 0.15) is 0 Å². The lowest BCUT2D eigenvalue weighted by Crippen LogP contribution is -2.58. The molecule has 2 saturated heterocycles. The van der Waals surface area contributed by atoms with Gasteiger partial charge in [0.1, 0.15) is 0 Å². The average molecular weight is 310 g/mol. The second kappa shape index (κ2) is 6.28. The van der Waals surface area contributed by atoms with Crippen molar-refractivity contribution in [3.63, 3.8) is 0 Å². The molecule has 2 atom stereocenters. The predicted octanol–water partition coefficient (Wildman–Crippen LogP) is 0.264. The molecule has 0 aromatic heterocycles. The molecule has 2 aliphatic rings. The summed E-state index contributed by atoms with van der Waals surface area (Å²) >= 11 is 0. The first-order chi connectivity index (χ1) is 9.11. The average Bonchev–Trinajstić information content (AvgIpc) is 3.33. The van der Waals surface area contributed by atoms with E-state index in [0.29, 0.717) is 0 Å². The van der Waals surface area contributed by atoms with Gasteiger partial charge in [0, 0.05) is 40.5 Å². The molecule has 0 aromatic carbocycles. The molecular formula is C10H22O7Si2. The molecule has 0 saturated carbocycles. The van der Waals surface area contributed by atoms with E-state index in [9.17, 15) is 0 Å². The largest absolute Gasteiger partial charge is 0.669 e. The van der Waals surface area contributed by atoms with Crippen molar-refractivity contribution in [1.29, 1.82) is 0 Å². The number of rotatable bonds is 10. The fraction of sp³-hybridized carbons (Fsp3) is 1.00. The van der Waals surface area contributed by atoms with E-state index in [1.54, 1.807) is 7.11 Å². The lowest BCUT2D eigenvalue weighted by molar-refractivity contribution is 0.0350. The van der Waals surface area contributed by atoms with Crippen LogP contribution in [-0.2, 0) is 31.3 Å². The predicted molar refractivity (Wildman–Crippen MR) is 69.7 cm³/mol. The second-order valence-electron chi connectivity index (χ2n) is 4.65. The zero-order chi connectivity index (χ0) is 13.9. The summed E-state index contributed by atoms with van der Waals surface area (Å²) in [7, 11) is 0.575. The van der Waals surface area contributed by atoms with Gasteiger partial charge >= 0.3 is 17.6 Å². The summed E-state index contributed by atoms with van der Waals surface area (Å²) in [6.07, 6.45) is 0.422. The monoisotopic (exact) mass is 310 g/mol. The van der Waals surface area contributed by atoms with Crippen molar-refractivity contribution in [3.05, 3.63) is 0 Å². The number of hydrogen-bond donors (Lipinski definition) is 0. The van der Waals surface area contributed by atoms with Gasteiger partial charge in [0.15, 0.2) is 0 Å². The van der Waals surface area contributed by atoms with E-state index in [1.165, 1.54) is 21.3 Å². The van der Waals surface area contributed by atoms with Gasteiger partial charge < -0.3 is 31.3 Å². The van der Waals surface area contributed by atoms with Crippen LogP contribution in [0.15, 0.2) is 0 Å². The lowest BCUT2D eigenvalue weighted by Gasteiger charge is -2.35. The molecule has 2 unspecified atom stereocenters. The molecule has 0 radical (unpaired) electrons. The molecular weight excluding hydrogens is 288 g/mol. The number of hydrogen-bond acceptors (Lipinski definition) is 7. The Morgan fingerprint density at radius 3 is 1.53 bits per heavy atom. The summed E-state index contributed by atoms with van der Waals surface area (Å²) in [6.45, 7) is 1.52. The quantitative estimate of drug-likeness (QED) is 0.423. The number of ether oxygens (including phenoxy) is 2. The van der Waals surface area contributed by atoms with Crippen LogP contribution in [0.5, 0.6) is 0 Å². The van der Waals surface area contributed by atoms with Gasteiger partial charge in [0.2, 0.25) is 0 Å². The van der Waals surface area contributed by atoms with Crippen LogP contribution >= 0.6 is 0 Å².